The molecule has 2 atom stereocenters. The maximum Gasteiger partial charge on any atom is 0.225 e. The van der Waals surface area contributed by atoms with Crippen LogP contribution in [0.5, 0.6) is 0 Å². The molecule has 0 spiro atoms. The molecule has 2 aliphatic rings. The van der Waals surface area contributed by atoms with Crippen molar-refractivity contribution in [3.8, 4) is 0 Å². The average Bonchev–Trinajstić information content (AvgIpc) is 2.50. The molecule has 132 valence electrons. The number of guanidine groups is 1. The first-order valence-electron chi connectivity index (χ1n) is 8.92. The second kappa shape index (κ2) is 7.99. The van der Waals surface area contributed by atoms with Crippen molar-refractivity contribution >= 4 is 11.9 Å². The number of aliphatic hydroxyl groups is 1. The Hall–Kier alpha value is -1.30. The van der Waals surface area contributed by atoms with Gasteiger partial charge in [0.2, 0.25) is 5.91 Å². The Labute approximate surface area is 139 Å². The molecule has 0 aromatic rings. The lowest BCUT2D eigenvalue weighted by molar-refractivity contribution is -0.134. The van der Waals surface area contributed by atoms with Crippen LogP contribution in [-0.4, -0.2) is 60.7 Å². The minimum absolute atomic E-state index is 0.106. The number of nitrogens with one attached hydrogen (secondary N) is 2. The van der Waals surface area contributed by atoms with Gasteiger partial charge in [-0.15, -0.1) is 0 Å². The molecule has 6 nitrogen and oxygen atoms in total. The van der Waals surface area contributed by atoms with Gasteiger partial charge in [0.1, 0.15) is 0 Å². The Kier molecular flexibility index (Phi) is 6.27. The van der Waals surface area contributed by atoms with E-state index in [0.717, 1.165) is 57.5 Å². The third-order valence-corrected chi connectivity index (χ3v) is 4.97. The smallest absolute Gasteiger partial charge is 0.225 e. The first-order chi connectivity index (χ1) is 10.9. The van der Waals surface area contributed by atoms with E-state index in [-0.39, 0.29) is 17.9 Å². The van der Waals surface area contributed by atoms with Crippen LogP contribution >= 0.6 is 0 Å². The predicted molar refractivity (Wildman–Crippen MR) is 92.4 cm³/mol. The van der Waals surface area contributed by atoms with Crippen LogP contribution in [0.25, 0.3) is 0 Å². The van der Waals surface area contributed by atoms with Gasteiger partial charge in [-0.05, 0) is 45.4 Å². The fourth-order valence-electron chi connectivity index (χ4n) is 3.39. The van der Waals surface area contributed by atoms with Gasteiger partial charge in [-0.1, -0.05) is 6.42 Å². The van der Waals surface area contributed by atoms with Crippen LogP contribution in [0.1, 0.15) is 51.9 Å². The summed E-state index contributed by atoms with van der Waals surface area (Å²) in [5.74, 6) is 1.09. The quantitative estimate of drug-likeness (QED) is 0.523. The highest BCUT2D eigenvalue weighted by Crippen LogP contribution is 2.31. The predicted octanol–water partition coefficient (Wildman–Crippen LogP) is 1.10. The Bertz CT molecular complexity index is 432. The second-order valence-electron chi connectivity index (χ2n) is 7.21. The van der Waals surface area contributed by atoms with Crippen LogP contribution in [0.15, 0.2) is 4.99 Å². The van der Waals surface area contributed by atoms with E-state index in [1.165, 1.54) is 0 Å². The van der Waals surface area contributed by atoms with Crippen molar-refractivity contribution in [3.05, 3.63) is 0 Å². The maximum absolute atomic E-state index is 12.2. The van der Waals surface area contributed by atoms with Crippen molar-refractivity contribution in [1.82, 2.24) is 15.5 Å². The normalized spacial score (nSPS) is 27.0. The summed E-state index contributed by atoms with van der Waals surface area (Å²) in [7, 11) is 3.65. The monoisotopic (exact) mass is 324 g/mol. The van der Waals surface area contributed by atoms with Crippen LogP contribution in [0.3, 0.4) is 0 Å². The van der Waals surface area contributed by atoms with Crippen LogP contribution in [-0.2, 0) is 4.79 Å². The second-order valence-corrected chi connectivity index (χ2v) is 7.21. The van der Waals surface area contributed by atoms with Crippen molar-refractivity contribution in [2.24, 2.45) is 10.9 Å². The highest BCUT2D eigenvalue weighted by Gasteiger charge is 2.34. The fraction of sp³-hybridized carbons (Fsp3) is 0.882. The summed E-state index contributed by atoms with van der Waals surface area (Å²) in [6.45, 7) is 3.28. The zero-order valence-corrected chi connectivity index (χ0v) is 14.8. The van der Waals surface area contributed by atoms with Crippen molar-refractivity contribution in [3.63, 3.8) is 0 Å². The molecule has 0 saturated heterocycles. The van der Waals surface area contributed by atoms with Gasteiger partial charge in [0.15, 0.2) is 5.96 Å². The molecule has 2 rings (SSSR count). The Morgan fingerprint density at radius 1 is 1.30 bits per heavy atom. The van der Waals surface area contributed by atoms with Gasteiger partial charge in [-0.3, -0.25) is 9.79 Å². The van der Waals surface area contributed by atoms with Gasteiger partial charge in [0.05, 0.1) is 12.1 Å². The summed E-state index contributed by atoms with van der Waals surface area (Å²) in [4.78, 5) is 18.4. The van der Waals surface area contributed by atoms with E-state index < -0.39 is 5.60 Å². The molecule has 0 aromatic carbocycles. The molecule has 2 fully saturated rings. The Morgan fingerprint density at radius 2 is 2.04 bits per heavy atom. The first-order valence-corrected chi connectivity index (χ1v) is 8.92. The van der Waals surface area contributed by atoms with Crippen molar-refractivity contribution in [2.75, 3.05) is 27.2 Å². The lowest BCUT2D eigenvalue weighted by atomic mass is 9.80. The molecule has 2 aliphatic carbocycles. The van der Waals surface area contributed by atoms with Crippen LogP contribution in [0, 0.1) is 5.92 Å². The van der Waals surface area contributed by atoms with Gasteiger partial charge in [-0.2, -0.15) is 0 Å². The van der Waals surface area contributed by atoms with Crippen molar-refractivity contribution in [2.45, 2.75) is 63.5 Å². The molecule has 0 bridgehead atoms. The third-order valence-electron chi connectivity index (χ3n) is 4.97. The third kappa shape index (κ3) is 5.09. The maximum atomic E-state index is 12.2. The number of amides is 1. The molecule has 2 unspecified atom stereocenters. The van der Waals surface area contributed by atoms with Gasteiger partial charge in [0, 0.05) is 32.6 Å². The van der Waals surface area contributed by atoms with Gasteiger partial charge in [0.25, 0.3) is 0 Å². The number of carbonyl (C=O) groups excluding carboxylic acids is 1. The molecule has 1 amide bonds. The summed E-state index contributed by atoms with van der Waals surface area (Å²) in [5, 5.41) is 16.9. The highest BCUT2D eigenvalue weighted by atomic mass is 16.3. The fourth-order valence-corrected chi connectivity index (χ4v) is 3.39. The first kappa shape index (κ1) is 18.0. The molecule has 3 N–H and O–H groups in total. The zero-order chi connectivity index (χ0) is 16.9. The lowest BCUT2D eigenvalue weighted by Crippen LogP contribution is -2.48. The Balaban J connectivity index is 1.90. The van der Waals surface area contributed by atoms with E-state index in [4.69, 9.17) is 0 Å². The van der Waals surface area contributed by atoms with Crippen molar-refractivity contribution < 1.29 is 9.90 Å². The number of hydrogen-bond acceptors (Lipinski definition) is 3. The molecule has 0 heterocycles. The Morgan fingerprint density at radius 3 is 2.61 bits per heavy atom. The van der Waals surface area contributed by atoms with Crippen LogP contribution in [0.4, 0.5) is 0 Å². The molecular formula is C17H32N4O2. The highest BCUT2D eigenvalue weighted by molar-refractivity contribution is 5.81. The van der Waals surface area contributed by atoms with E-state index in [9.17, 15) is 9.90 Å². The van der Waals surface area contributed by atoms with Crippen LogP contribution < -0.4 is 10.6 Å². The molecule has 0 aliphatic heterocycles. The number of nitrogens with zero attached hydrogens (tertiary/aromatic N) is 2. The standard InChI is InChI=1S/C17H32N4O2/c1-4-18-16(19-12-17(23)9-6-10-17)20-14-8-5-7-13(11-14)15(22)21(2)3/h13-14,23H,4-12H2,1-3H3,(H2,18,19,20). The lowest BCUT2D eigenvalue weighted by Gasteiger charge is -2.35. The summed E-state index contributed by atoms with van der Waals surface area (Å²) in [5.41, 5.74) is -0.599. The minimum Gasteiger partial charge on any atom is -0.388 e. The van der Waals surface area contributed by atoms with Crippen LogP contribution in [0.2, 0.25) is 0 Å². The van der Waals surface area contributed by atoms with Gasteiger partial charge < -0.3 is 20.6 Å². The largest absolute Gasteiger partial charge is 0.388 e. The molecule has 0 aromatic heterocycles. The van der Waals surface area contributed by atoms with Crippen molar-refractivity contribution in [1.29, 1.82) is 0 Å². The van der Waals surface area contributed by atoms with E-state index in [1.807, 2.05) is 21.0 Å². The average molecular weight is 324 g/mol. The topological polar surface area (TPSA) is 77.0 Å². The summed E-state index contributed by atoms with van der Waals surface area (Å²) in [6.07, 6.45) is 6.73. The molecule has 6 heteroatoms. The molecule has 23 heavy (non-hydrogen) atoms. The number of aliphatic imine (C=N–C) groups is 1. The number of carbonyl (C=O) groups is 1. The van der Waals surface area contributed by atoms with Gasteiger partial charge in [-0.25, -0.2) is 0 Å². The molecule has 2 saturated carbocycles. The summed E-state index contributed by atoms with van der Waals surface area (Å²) in [6, 6.07) is 0.270. The number of hydrogen-bond donors (Lipinski definition) is 3. The van der Waals surface area contributed by atoms with E-state index >= 15 is 0 Å². The molecule has 0 radical (unpaired) electrons. The summed E-state index contributed by atoms with van der Waals surface area (Å²) < 4.78 is 0. The minimum atomic E-state index is -0.599. The SMILES string of the molecule is CCNC(=NCC1(O)CCC1)NC1CCCC(C(=O)N(C)C)C1. The van der Waals surface area contributed by atoms with E-state index in [2.05, 4.69) is 15.6 Å². The molecular weight excluding hydrogens is 292 g/mol. The van der Waals surface area contributed by atoms with E-state index in [1.54, 1.807) is 4.90 Å². The summed E-state index contributed by atoms with van der Waals surface area (Å²) >= 11 is 0. The zero-order valence-electron chi connectivity index (χ0n) is 14.8. The number of rotatable bonds is 5. The van der Waals surface area contributed by atoms with Gasteiger partial charge >= 0.3 is 0 Å². The van der Waals surface area contributed by atoms with E-state index in [0.29, 0.717) is 6.54 Å².